The molecular weight excluding hydrogens is 320 g/mol. The van der Waals surface area contributed by atoms with Crippen molar-refractivity contribution in [2.45, 2.75) is 30.5 Å². The van der Waals surface area contributed by atoms with Crippen molar-refractivity contribution in [1.29, 1.82) is 5.26 Å². The molecule has 0 bridgehead atoms. The molecule has 0 radical (unpaired) electrons. The van der Waals surface area contributed by atoms with Gasteiger partial charge in [0.15, 0.2) is 5.16 Å². The highest BCUT2D eigenvalue weighted by Gasteiger charge is 2.42. The third kappa shape index (κ3) is 3.46. The number of nitrogens with one attached hydrogen (secondary N) is 1. The van der Waals surface area contributed by atoms with Crippen LogP contribution in [0.3, 0.4) is 0 Å². The van der Waals surface area contributed by atoms with Crippen LogP contribution in [-0.2, 0) is 11.8 Å². The molecule has 1 atom stereocenters. The molecule has 1 heterocycles. The van der Waals surface area contributed by atoms with Gasteiger partial charge in [-0.05, 0) is 31.2 Å². The number of hydrogen-bond acceptors (Lipinski definition) is 4. The van der Waals surface area contributed by atoms with E-state index >= 15 is 0 Å². The fourth-order valence-corrected chi connectivity index (χ4v) is 3.49. The van der Waals surface area contributed by atoms with E-state index in [0.29, 0.717) is 0 Å². The molecule has 124 valence electrons. The van der Waals surface area contributed by atoms with Gasteiger partial charge in [-0.15, -0.1) is 0 Å². The molecular formula is C18H20N4OS. The Bertz CT molecular complexity index is 776. The second kappa shape index (κ2) is 6.70. The van der Waals surface area contributed by atoms with E-state index in [9.17, 15) is 10.1 Å². The summed E-state index contributed by atoms with van der Waals surface area (Å²) in [7, 11) is 1.94. The number of nitriles is 1. The molecule has 1 unspecified atom stereocenters. The van der Waals surface area contributed by atoms with E-state index < -0.39 is 5.54 Å². The van der Waals surface area contributed by atoms with Crippen LogP contribution in [0.25, 0.3) is 11.3 Å². The largest absolute Gasteiger partial charge is 0.337 e. The van der Waals surface area contributed by atoms with Gasteiger partial charge in [0, 0.05) is 7.05 Å². The Morgan fingerprint density at radius 1 is 1.46 bits per heavy atom. The van der Waals surface area contributed by atoms with E-state index in [1.807, 2.05) is 55.1 Å². The fourth-order valence-electron chi connectivity index (χ4n) is 2.74. The standard InChI is InChI=1S/C18H20N4OS/c1-18(12-19,14-8-9-14)21-16(23)11-24-17-20-10-15(22(17)2)13-6-4-3-5-7-13/h3-7,10,14H,8-9,11H2,1-2H3,(H,21,23). The minimum absolute atomic E-state index is 0.125. The van der Waals surface area contributed by atoms with Crippen molar-refractivity contribution in [3.8, 4) is 17.3 Å². The first-order chi connectivity index (χ1) is 11.5. The summed E-state index contributed by atoms with van der Waals surface area (Å²) in [5.74, 6) is 0.415. The van der Waals surface area contributed by atoms with Crippen molar-refractivity contribution in [2.75, 3.05) is 5.75 Å². The van der Waals surface area contributed by atoms with E-state index in [-0.39, 0.29) is 17.6 Å². The van der Waals surface area contributed by atoms with Gasteiger partial charge in [0.2, 0.25) is 5.91 Å². The lowest BCUT2D eigenvalue weighted by atomic mass is 9.98. The summed E-state index contributed by atoms with van der Waals surface area (Å²) < 4.78 is 1.98. The smallest absolute Gasteiger partial charge is 0.231 e. The predicted octanol–water partition coefficient (Wildman–Crippen LogP) is 2.99. The second-order valence-corrected chi connectivity index (χ2v) is 7.22. The Morgan fingerprint density at radius 2 is 2.17 bits per heavy atom. The Labute approximate surface area is 146 Å². The number of amides is 1. The number of carbonyl (C=O) groups is 1. The number of hydrogen-bond donors (Lipinski definition) is 1. The monoisotopic (exact) mass is 340 g/mol. The van der Waals surface area contributed by atoms with E-state index in [0.717, 1.165) is 29.3 Å². The average molecular weight is 340 g/mol. The zero-order valence-electron chi connectivity index (χ0n) is 13.8. The first-order valence-corrected chi connectivity index (χ1v) is 8.94. The van der Waals surface area contributed by atoms with Crippen LogP contribution < -0.4 is 5.32 Å². The SMILES string of the molecule is Cn1c(-c2ccccc2)cnc1SCC(=O)NC(C)(C#N)C1CC1. The highest BCUT2D eigenvalue weighted by atomic mass is 32.2. The highest BCUT2D eigenvalue weighted by Crippen LogP contribution is 2.39. The summed E-state index contributed by atoms with van der Waals surface area (Å²) in [5, 5.41) is 13.0. The van der Waals surface area contributed by atoms with Crippen LogP contribution in [-0.4, -0.2) is 26.8 Å². The van der Waals surface area contributed by atoms with Crippen LogP contribution in [0.15, 0.2) is 41.7 Å². The van der Waals surface area contributed by atoms with Crippen LogP contribution in [0, 0.1) is 17.2 Å². The molecule has 1 saturated carbocycles. The molecule has 1 N–H and O–H groups in total. The maximum atomic E-state index is 12.2. The number of thioether (sulfide) groups is 1. The van der Waals surface area contributed by atoms with Crippen molar-refractivity contribution in [3.63, 3.8) is 0 Å². The van der Waals surface area contributed by atoms with E-state index in [1.165, 1.54) is 11.8 Å². The summed E-state index contributed by atoms with van der Waals surface area (Å²) in [6.45, 7) is 1.81. The molecule has 3 rings (SSSR count). The van der Waals surface area contributed by atoms with Gasteiger partial charge in [-0.25, -0.2) is 4.98 Å². The van der Waals surface area contributed by atoms with Crippen LogP contribution >= 0.6 is 11.8 Å². The van der Waals surface area contributed by atoms with Crippen LogP contribution in [0.1, 0.15) is 19.8 Å². The number of imidazole rings is 1. The van der Waals surface area contributed by atoms with Crippen molar-refractivity contribution in [2.24, 2.45) is 13.0 Å². The van der Waals surface area contributed by atoms with Crippen molar-refractivity contribution in [1.82, 2.24) is 14.9 Å². The molecule has 1 aliphatic carbocycles. The summed E-state index contributed by atoms with van der Waals surface area (Å²) >= 11 is 1.38. The van der Waals surface area contributed by atoms with E-state index in [1.54, 1.807) is 0 Å². The third-order valence-electron chi connectivity index (χ3n) is 4.37. The van der Waals surface area contributed by atoms with Gasteiger partial charge in [0.25, 0.3) is 0 Å². The highest BCUT2D eigenvalue weighted by molar-refractivity contribution is 7.99. The van der Waals surface area contributed by atoms with Crippen LogP contribution in [0.2, 0.25) is 0 Å². The van der Waals surface area contributed by atoms with Gasteiger partial charge < -0.3 is 9.88 Å². The molecule has 0 spiro atoms. The topological polar surface area (TPSA) is 70.7 Å². The van der Waals surface area contributed by atoms with E-state index in [4.69, 9.17) is 0 Å². The molecule has 6 heteroatoms. The summed E-state index contributed by atoms with van der Waals surface area (Å²) in [6.07, 6.45) is 3.84. The minimum Gasteiger partial charge on any atom is -0.337 e. The zero-order chi connectivity index (χ0) is 17.2. The first kappa shape index (κ1) is 16.6. The van der Waals surface area contributed by atoms with E-state index in [2.05, 4.69) is 16.4 Å². The quantitative estimate of drug-likeness (QED) is 0.821. The van der Waals surface area contributed by atoms with Gasteiger partial charge in [-0.3, -0.25) is 4.79 Å². The molecule has 2 aromatic rings. The Balaban J connectivity index is 1.62. The lowest BCUT2D eigenvalue weighted by molar-refractivity contribution is -0.119. The maximum Gasteiger partial charge on any atom is 0.231 e. The summed E-state index contributed by atoms with van der Waals surface area (Å²) in [4.78, 5) is 16.6. The summed E-state index contributed by atoms with van der Waals surface area (Å²) in [6, 6.07) is 12.3. The van der Waals surface area contributed by atoms with Gasteiger partial charge in [0.1, 0.15) is 5.54 Å². The van der Waals surface area contributed by atoms with Crippen molar-refractivity contribution >= 4 is 17.7 Å². The molecule has 0 aliphatic heterocycles. The van der Waals surface area contributed by atoms with Gasteiger partial charge in [-0.2, -0.15) is 5.26 Å². The van der Waals surface area contributed by atoms with Crippen LogP contribution in [0.5, 0.6) is 0 Å². The molecule has 1 aromatic carbocycles. The molecule has 1 aromatic heterocycles. The van der Waals surface area contributed by atoms with Crippen LogP contribution in [0.4, 0.5) is 0 Å². The Morgan fingerprint density at radius 3 is 2.79 bits per heavy atom. The molecule has 1 aliphatic rings. The number of rotatable bonds is 6. The molecule has 5 nitrogen and oxygen atoms in total. The molecule has 0 saturated heterocycles. The predicted molar refractivity (Wildman–Crippen MR) is 94.3 cm³/mol. The summed E-state index contributed by atoms with van der Waals surface area (Å²) in [5.41, 5.74) is 1.36. The Kier molecular flexibility index (Phi) is 4.63. The molecule has 1 amide bonds. The van der Waals surface area contributed by atoms with Gasteiger partial charge in [-0.1, -0.05) is 42.1 Å². The molecule has 24 heavy (non-hydrogen) atoms. The van der Waals surface area contributed by atoms with Gasteiger partial charge >= 0.3 is 0 Å². The number of aromatic nitrogens is 2. The van der Waals surface area contributed by atoms with Crippen molar-refractivity contribution in [3.05, 3.63) is 36.5 Å². The second-order valence-electron chi connectivity index (χ2n) is 6.28. The zero-order valence-corrected chi connectivity index (χ0v) is 14.6. The van der Waals surface area contributed by atoms with Crippen molar-refractivity contribution < 1.29 is 4.79 Å². The lowest BCUT2D eigenvalue weighted by Crippen LogP contribution is -2.47. The maximum absolute atomic E-state index is 12.2. The minimum atomic E-state index is -0.742. The van der Waals surface area contributed by atoms with Gasteiger partial charge in [0.05, 0.1) is 23.7 Å². The first-order valence-electron chi connectivity index (χ1n) is 7.95. The normalized spacial score (nSPS) is 16.2. The third-order valence-corrected chi connectivity index (χ3v) is 5.42. The number of benzene rings is 1. The average Bonchev–Trinajstić information content (AvgIpc) is 3.38. The number of carbonyl (C=O) groups excluding carboxylic acids is 1. The molecule has 1 fully saturated rings. The lowest BCUT2D eigenvalue weighted by Gasteiger charge is -2.22. The number of nitrogens with zero attached hydrogens (tertiary/aromatic N) is 3. The fraction of sp³-hybridized carbons (Fsp3) is 0.389. The Hall–Kier alpha value is -2.26.